The van der Waals surface area contributed by atoms with Crippen molar-refractivity contribution >= 4 is 17.5 Å². The zero-order valence-electron chi connectivity index (χ0n) is 18.3. The average molecular weight is 553 g/mol. The highest BCUT2D eigenvalue weighted by Gasteiger charge is 2.64. The number of alkyl halides is 8. The minimum atomic E-state index is -6.33. The molecule has 1 saturated carbocycles. The Hall–Kier alpha value is -3.67. The van der Waals surface area contributed by atoms with E-state index >= 15 is 0 Å². The molecular weight excluding hydrogens is 540 g/mol. The molecule has 0 atom stereocenters. The van der Waals surface area contributed by atoms with E-state index in [1.54, 1.807) is 0 Å². The van der Waals surface area contributed by atoms with E-state index in [9.17, 15) is 39.9 Å². The van der Waals surface area contributed by atoms with Crippen LogP contribution in [0.2, 0.25) is 5.02 Å². The summed E-state index contributed by atoms with van der Waals surface area (Å²) in [6, 6.07) is 5.82. The number of amides is 1. The Bertz CT molecular complexity index is 1430. The van der Waals surface area contributed by atoms with Crippen LogP contribution in [-0.2, 0) is 19.1 Å². The van der Waals surface area contributed by atoms with Crippen LogP contribution in [0.25, 0.3) is 22.8 Å². The van der Waals surface area contributed by atoms with Gasteiger partial charge in [0, 0.05) is 12.6 Å². The van der Waals surface area contributed by atoms with Gasteiger partial charge in [-0.15, -0.1) is 0 Å². The number of nitriles is 1. The van der Waals surface area contributed by atoms with E-state index in [0.29, 0.717) is 12.8 Å². The molecule has 1 fully saturated rings. The molecule has 0 spiro atoms. The lowest BCUT2D eigenvalue weighted by Gasteiger charge is -2.19. The standard InChI is InChI=1S/C21H13ClF8N6O/c1-36-14(13(20(25,26)27)15(35-36)19(23,24)21(28,29)30)12-7-32-16(33-12)9-2-3-11(22)10(6-9)17(37)34-18(8-31)4-5-18/h2-3,6-7H,4-5H2,1H3,(H,32,33)(H,34,37). The third kappa shape index (κ3) is 4.61. The molecule has 0 saturated heterocycles. The maximum Gasteiger partial charge on any atom is 0.459 e. The molecule has 2 N–H and O–H groups in total. The molecule has 0 aliphatic heterocycles. The number of aryl methyl sites for hydroxylation is 1. The van der Waals surface area contributed by atoms with E-state index in [0.717, 1.165) is 13.2 Å². The number of aromatic amines is 1. The minimum absolute atomic E-state index is 0.00761. The molecule has 37 heavy (non-hydrogen) atoms. The van der Waals surface area contributed by atoms with Crippen molar-refractivity contribution in [3.63, 3.8) is 0 Å². The highest BCUT2D eigenvalue weighted by Crippen LogP contribution is 2.50. The number of benzene rings is 1. The molecule has 2 heterocycles. The van der Waals surface area contributed by atoms with Gasteiger partial charge < -0.3 is 10.3 Å². The van der Waals surface area contributed by atoms with Crippen LogP contribution in [-0.4, -0.2) is 37.4 Å². The maximum absolute atomic E-state index is 13.9. The van der Waals surface area contributed by atoms with Crippen molar-refractivity contribution < 1.29 is 39.9 Å². The number of imidazole rings is 1. The van der Waals surface area contributed by atoms with E-state index < -0.39 is 52.4 Å². The molecule has 1 amide bonds. The van der Waals surface area contributed by atoms with Crippen LogP contribution in [0.5, 0.6) is 0 Å². The van der Waals surface area contributed by atoms with Crippen molar-refractivity contribution in [2.45, 2.75) is 36.7 Å². The van der Waals surface area contributed by atoms with Gasteiger partial charge in [-0.05, 0) is 31.0 Å². The number of rotatable bonds is 5. The number of nitrogens with zero attached hydrogens (tertiary/aromatic N) is 4. The Morgan fingerprint density at radius 2 is 1.84 bits per heavy atom. The summed E-state index contributed by atoms with van der Waals surface area (Å²) in [6.07, 6.45) is -10.3. The number of carbonyl (C=O) groups excluding carboxylic acids is 1. The van der Waals surface area contributed by atoms with Crippen LogP contribution in [0.4, 0.5) is 35.1 Å². The second kappa shape index (κ2) is 8.44. The van der Waals surface area contributed by atoms with E-state index in [2.05, 4.69) is 20.4 Å². The summed E-state index contributed by atoms with van der Waals surface area (Å²) in [4.78, 5) is 18.9. The second-order valence-electron chi connectivity index (χ2n) is 8.25. The Kier molecular flexibility index (Phi) is 6.02. The van der Waals surface area contributed by atoms with Gasteiger partial charge in [-0.3, -0.25) is 9.48 Å². The zero-order valence-corrected chi connectivity index (χ0v) is 19.1. The summed E-state index contributed by atoms with van der Waals surface area (Å²) >= 11 is 6.07. The second-order valence-corrected chi connectivity index (χ2v) is 8.66. The largest absolute Gasteiger partial charge is 0.459 e. The van der Waals surface area contributed by atoms with Crippen molar-refractivity contribution in [1.29, 1.82) is 5.26 Å². The van der Waals surface area contributed by atoms with Crippen molar-refractivity contribution in [3.05, 3.63) is 46.2 Å². The van der Waals surface area contributed by atoms with E-state index in [-0.39, 0.29) is 26.7 Å². The number of aromatic nitrogens is 4. The molecule has 3 aromatic rings. The molecule has 0 bridgehead atoms. The number of H-pyrrole nitrogens is 1. The summed E-state index contributed by atoms with van der Waals surface area (Å²) in [5.74, 6) is -6.74. The summed E-state index contributed by atoms with van der Waals surface area (Å²) in [7, 11) is 0.773. The SMILES string of the molecule is Cn1nc(C(F)(F)C(F)(F)F)c(C(F)(F)F)c1-c1cnc(-c2ccc(Cl)c(C(=O)NC3(C#N)CC3)c2)[nH]1. The quantitative estimate of drug-likeness (QED) is 0.403. The molecule has 0 radical (unpaired) electrons. The maximum atomic E-state index is 13.9. The predicted octanol–water partition coefficient (Wildman–Crippen LogP) is 5.59. The Labute approximate surface area is 207 Å². The van der Waals surface area contributed by atoms with Crippen LogP contribution >= 0.6 is 11.6 Å². The van der Waals surface area contributed by atoms with Gasteiger partial charge in [-0.1, -0.05) is 11.6 Å². The normalized spacial score (nSPS) is 15.4. The van der Waals surface area contributed by atoms with Gasteiger partial charge in [-0.25, -0.2) is 4.98 Å². The molecule has 16 heteroatoms. The van der Waals surface area contributed by atoms with Gasteiger partial charge in [0.1, 0.15) is 16.9 Å². The molecule has 4 rings (SSSR count). The van der Waals surface area contributed by atoms with Gasteiger partial charge in [0.05, 0.1) is 34.2 Å². The first-order valence-corrected chi connectivity index (χ1v) is 10.6. The third-order valence-electron chi connectivity index (χ3n) is 5.62. The first kappa shape index (κ1) is 26.4. The Morgan fingerprint density at radius 3 is 2.38 bits per heavy atom. The molecule has 196 valence electrons. The van der Waals surface area contributed by atoms with Gasteiger partial charge >= 0.3 is 18.3 Å². The van der Waals surface area contributed by atoms with Crippen LogP contribution in [0.1, 0.15) is 34.5 Å². The van der Waals surface area contributed by atoms with E-state index in [4.69, 9.17) is 16.9 Å². The monoisotopic (exact) mass is 552 g/mol. The summed E-state index contributed by atoms with van der Waals surface area (Å²) in [6.45, 7) is 0. The zero-order chi connectivity index (χ0) is 27.6. The average Bonchev–Trinajstić information content (AvgIpc) is 3.21. The smallest absolute Gasteiger partial charge is 0.337 e. The Morgan fingerprint density at radius 1 is 1.19 bits per heavy atom. The van der Waals surface area contributed by atoms with Crippen LogP contribution in [0, 0.1) is 11.3 Å². The Balaban J connectivity index is 1.77. The fourth-order valence-corrected chi connectivity index (χ4v) is 3.77. The lowest BCUT2D eigenvalue weighted by molar-refractivity contribution is -0.292. The molecule has 1 aliphatic carbocycles. The number of carbonyl (C=O) groups is 1. The first-order valence-electron chi connectivity index (χ1n) is 10.2. The minimum Gasteiger partial charge on any atom is -0.337 e. The van der Waals surface area contributed by atoms with Crippen LogP contribution in [0.15, 0.2) is 24.4 Å². The summed E-state index contributed by atoms with van der Waals surface area (Å²) in [5, 5.41) is 14.5. The van der Waals surface area contributed by atoms with Gasteiger partial charge in [0.25, 0.3) is 5.91 Å². The highest BCUT2D eigenvalue weighted by atomic mass is 35.5. The van der Waals surface area contributed by atoms with Crippen molar-refractivity contribution in [3.8, 4) is 28.8 Å². The fraction of sp³-hybridized carbons (Fsp3) is 0.333. The number of hydrogen-bond donors (Lipinski definition) is 2. The van der Waals surface area contributed by atoms with Crippen LogP contribution < -0.4 is 5.32 Å². The molecule has 2 aromatic heterocycles. The van der Waals surface area contributed by atoms with Crippen LogP contribution in [0.3, 0.4) is 0 Å². The van der Waals surface area contributed by atoms with E-state index in [1.165, 1.54) is 18.2 Å². The third-order valence-corrected chi connectivity index (χ3v) is 5.95. The topological polar surface area (TPSA) is 99.4 Å². The van der Waals surface area contributed by atoms with Crippen molar-refractivity contribution in [2.75, 3.05) is 0 Å². The van der Waals surface area contributed by atoms with Gasteiger partial charge in [0.15, 0.2) is 5.69 Å². The predicted molar refractivity (Wildman–Crippen MR) is 111 cm³/mol. The molecule has 1 aromatic carbocycles. The molecule has 7 nitrogen and oxygen atoms in total. The van der Waals surface area contributed by atoms with Crippen molar-refractivity contribution in [1.82, 2.24) is 25.1 Å². The highest BCUT2D eigenvalue weighted by molar-refractivity contribution is 6.34. The molecule has 1 aliphatic rings. The first-order chi connectivity index (χ1) is 17.0. The fourth-order valence-electron chi connectivity index (χ4n) is 3.56. The number of hydrogen-bond acceptors (Lipinski definition) is 4. The summed E-state index contributed by atoms with van der Waals surface area (Å²) < 4.78 is 108. The van der Waals surface area contributed by atoms with Gasteiger partial charge in [0.2, 0.25) is 0 Å². The molecular formula is C21H13ClF8N6O. The lowest BCUT2D eigenvalue weighted by Crippen LogP contribution is -2.36. The van der Waals surface area contributed by atoms with Gasteiger partial charge in [-0.2, -0.15) is 45.5 Å². The summed E-state index contributed by atoms with van der Waals surface area (Å²) in [5.41, 5.74) is -7.43. The number of halogens is 9. The number of nitrogens with one attached hydrogen (secondary N) is 2. The van der Waals surface area contributed by atoms with E-state index in [1.807, 2.05) is 6.07 Å². The van der Waals surface area contributed by atoms with Crippen molar-refractivity contribution in [2.24, 2.45) is 7.05 Å². The molecule has 0 unspecified atom stereocenters. The lowest BCUT2D eigenvalue weighted by atomic mass is 10.1.